The van der Waals surface area contributed by atoms with E-state index in [1.807, 2.05) is 31.5 Å². The monoisotopic (exact) mass is 625 g/mol. The number of nitrogens with one attached hydrogen (secondary N) is 2. The molecule has 5 atom stereocenters. The van der Waals surface area contributed by atoms with Crippen molar-refractivity contribution >= 4 is 29.1 Å². The molecule has 1 saturated carbocycles. The summed E-state index contributed by atoms with van der Waals surface area (Å²) in [5.74, 6) is -1.94. The van der Waals surface area contributed by atoms with Crippen molar-refractivity contribution in [1.82, 2.24) is 20.5 Å². The molecule has 1 saturated heterocycles. The van der Waals surface area contributed by atoms with Gasteiger partial charge in [-0.05, 0) is 53.9 Å². The largest absolute Gasteiger partial charge is 0.388 e. The second-order valence-corrected chi connectivity index (χ2v) is 15.4. The van der Waals surface area contributed by atoms with Gasteiger partial charge in [-0.3, -0.25) is 19.2 Å². The van der Waals surface area contributed by atoms with E-state index in [1.54, 1.807) is 32.1 Å². The van der Waals surface area contributed by atoms with Crippen molar-refractivity contribution in [1.29, 1.82) is 0 Å². The van der Waals surface area contributed by atoms with Gasteiger partial charge in [0, 0.05) is 12.8 Å². The van der Waals surface area contributed by atoms with Gasteiger partial charge < -0.3 is 20.6 Å². The molecule has 9 nitrogen and oxygen atoms in total. The number of β-amino-alcohol motifs (C(OH)–C–C–N with tert-alkyl or cyclic N) is 1. The number of halogens is 1. The van der Waals surface area contributed by atoms with Crippen LogP contribution in [-0.2, 0) is 20.8 Å². The molecule has 3 N–H and O–H groups in total. The van der Waals surface area contributed by atoms with Gasteiger partial charge in [-0.2, -0.15) is 0 Å². The second-order valence-electron chi connectivity index (χ2n) is 14.5. The average molecular weight is 626 g/mol. The zero-order chi connectivity index (χ0) is 32.8. The Labute approximate surface area is 263 Å². The van der Waals surface area contributed by atoms with Gasteiger partial charge in [-0.25, -0.2) is 15.9 Å². The highest BCUT2D eigenvalue weighted by Crippen LogP contribution is 2.41. The van der Waals surface area contributed by atoms with Gasteiger partial charge in [0.15, 0.2) is 6.17 Å². The molecule has 0 bridgehead atoms. The molecule has 238 valence electrons. The molecule has 2 fully saturated rings. The number of aliphatic hydroxyl groups is 1. The van der Waals surface area contributed by atoms with Gasteiger partial charge >= 0.3 is 11.4 Å². The van der Waals surface area contributed by atoms with E-state index >= 15 is 4.39 Å². The molecule has 0 spiro atoms. The SMILES string of the molecule is [C-]#[N+]C1(C(=O)N[C@H](C(=O)N2C[C@H](O)[C@H](F)[C@H]2C(=O)N[C@@H](C)c2ccc(-c3scnc3C)cc2CC(C)(C)C)C(C)(C)C)CC1. The highest BCUT2D eigenvalue weighted by atomic mass is 32.1. The summed E-state index contributed by atoms with van der Waals surface area (Å²) in [4.78, 5) is 50.5. The van der Waals surface area contributed by atoms with E-state index in [4.69, 9.17) is 6.57 Å². The lowest BCUT2D eigenvalue weighted by Gasteiger charge is -2.35. The van der Waals surface area contributed by atoms with E-state index in [-0.39, 0.29) is 12.0 Å². The number of nitrogens with zero attached hydrogens (tertiary/aromatic N) is 3. The van der Waals surface area contributed by atoms with Gasteiger partial charge in [0.25, 0.3) is 0 Å². The summed E-state index contributed by atoms with van der Waals surface area (Å²) in [5.41, 5.74) is 3.66. The molecular formula is C33H44FN5O4S. The van der Waals surface area contributed by atoms with Crippen molar-refractivity contribution in [2.75, 3.05) is 6.54 Å². The highest BCUT2D eigenvalue weighted by molar-refractivity contribution is 7.13. The Balaban J connectivity index is 1.59. The van der Waals surface area contributed by atoms with Gasteiger partial charge in [0.1, 0.15) is 18.2 Å². The van der Waals surface area contributed by atoms with E-state index in [2.05, 4.69) is 47.3 Å². The summed E-state index contributed by atoms with van der Waals surface area (Å²) >= 11 is 1.56. The zero-order valence-corrected chi connectivity index (χ0v) is 27.6. The first-order valence-electron chi connectivity index (χ1n) is 15.0. The lowest BCUT2D eigenvalue weighted by Crippen LogP contribution is -2.60. The quantitative estimate of drug-likeness (QED) is 0.366. The molecule has 3 amide bonds. The minimum Gasteiger partial charge on any atom is -0.388 e. The van der Waals surface area contributed by atoms with Crippen LogP contribution in [-0.4, -0.2) is 69.2 Å². The third-order valence-electron chi connectivity index (χ3n) is 8.39. The number of rotatable bonds is 8. The van der Waals surface area contributed by atoms with Gasteiger partial charge in [0.2, 0.25) is 11.8 Å². The fourth-order valence-corrected chi connectivity index (χ4v) is 6.55. The molecule has 0 unspecified atom stereocenters. The summed E-state index contributed by atoms with van der Waals surface area (Å²) in [6.45, 7) is 22.4. The van der Waals surface area contributed by atoms with Crippen molar-refractivity contribution in [3.63, 3.8) is 0 Å². The Hall–Kier alpha value is -3.36. The molecule has 1 aliphatic carbocycles. The third-order valence-corrected chi connectivity index (χ3v) is 9.36. The topological polar surface area (TPSA) is 116 Å². The molecule has 44 heavy (non-hydrogen) atoms. The molecule has 11 heteroatoms. The first kappa shape index (κ1) is 33.5. The number of hydrogen-bond acceptors (Lipinski definition) is 6. The maximum absolute atomic E-state index is 15.5. The predicted molar refractivity (Wildman–Crippen MR) is 168 cm³/mol. The van der Waals surface area contributed by atoms with Crippen LogP contribution in [0.3, 0.4) is 0 Å². The minimum absolute atomic E-state index is 0.0542. The van der Waals surface area contributed by atoms with Crippen LogP contribution < -0.4 is 10.6 Å². The summed E-state index contributed by atoms with van der Waals surface area (Å²) in [7, 11) is 0. The van der Waals surface area contributed by atoms with Crippen LogP contribution in [0, 0.1) is 24.3 Å². The second kappa shape index (κ2) is 12.2. The van der Waals surface area contributed by atoms with E-state index in [0.29, 0.717) is 12.8 Å². The first-order valence-corrected chi connectivity index (χ1v) is 15.9. The number of thiazole rings is 1. The maximum Gasteiger partial charge on any atom is 0.309 e. The number of aliphatic hydroxyl groups excluding tert-OH is 1. The van der Waals surface area contributed by atoms with E-state index < -0.39 is 59.1 Å². The molecule has 4 rings (SSSR count). The Kier molecular flexibility index (Phi) is 9.30. The standard InChI is InChI=1S/C33H44FN5O4S/c1-18(22-11-10-20(26-19(2)36-17-44-26)14-21(22)15-31(3,4)5)37-28(41)25-24(34)23(40)16-39(25)29(42)27(32(6,7)8)38-30(43)33(35-9)12-13-33/h10-11,14,17-18,23-25,27,40H,12-13,15-16H2,1-8H3,(H,37,41)(H,38,43)/t18-,23-,24-,25-,27+/m0/s1. The van der Waals surface area contributed by atoms with Crippen LogP contribution in [0.2, 0.25) is 0 Å². The van der Waals surface area contributed by atoms with Crippen molar-refractivity contribution in [2.24, 2.45) is 10.8 Å². The van der Waals surface area contributed by atoms with Crippen LogP contribution >= 0.6 is 11.3 Å². The Morgan fingerprint density at radius 3 is 2.39 bits per heavy atom. The summed E-state index contributed by atoms with van der Waals surface area (Å²) in [6, 6.07) is 2.84. The maximum atomic E-state index is 15.5. The van der Waals surface area contributed by atoms with Crippen molar-refractivity contribution in [2.45, 2.75) is 111 Å². The van der Waals surface area contributed by atoms with E-state index in [9.17, 15) is 19.5 Å². The fraction of sp³-hybridized carbons (Fsp3) is 0.606. The summed E-state index contributed by atoms with van der Waals surface area (Å²) < 4.78 is 15.5. The number of aryl methyl sites for hydroxylation is 1. The molecule has 1 aliphatic heterocycles. The van der Waals surface area contributed by atoms with Crippen molar-refractivity contribution in [3.05, 3.63) is 51.9 Å². The van der Waals surface area contributed by atoms with E-state index in [1.165, 1.54) is 0 Å². The number of amides is 3. The minimum atomic E-state index is -2.01. The van der Waals surface area contributed by atoms with Gasteiger partial charge in [0.05, 0.1) is 28.7 Å². The first-order chi connectivity index (χ1) is 20.4. The van der Waals surface area contributed by atoms with Crippen LogP contribution in [0.5, 0.6) is 0 Å². The number of aromatic nitrogens is 1. The highest BCUT2D eigenvalue weighted by Gasteiger charge is 2.60. The normalized spacial score (nSPS) is 22.6. The fourth-order valence-electron chi connectivity index (χ4n) is 5.75. The Bertz CT molecular complexity index is 1470. The predicted octanol–water partition coefficient (Wildman–Crippen LogP) is 4.78. The average Bonchev–Trinajstić information content (AvgIpc) is 3.52. The van der Waals surface area contributed by atoms with Gasteiger partial charge in [-0.15, -0.1) is 11.3 Å². The summed E-state index contributed by atoms with van der Waals surface area (Å²) in [5, 5.41) is 16.1. The molecule has 2 aromatic rings. The third kappa shape index (κ3) is 6.97. The van der Waals surface area contributed by atoms with Crippen LogP contribution in [0.25, 0.3) is 15.3 Å². The van der Waals surface area contributed by atoms with Crippen molar-refractivity contribution in [3.8, 4) is 10.4 Å². The molecule has 0 radical (unpaired) electrons. The summed E-state index contributed by atoms with van der Waals surface area (Å²) in [6.07, 6.45) is -2.02. The van der Waals surface area contributed by atoms with Gasteiger partial charge in [-0.1, -0.05) is 53.7 Å². The number of carbonyl (C=O) groups is 3. The molecule has 2 heterocycles. The number of alkyl halides is 1. The number of carbonyl (C=O) groups excluding carboxylic acids is 3. The molecule has 2 aliphatic rings. The lowest BCUT2D eigenvalue weighted by molar-refractivity contribution is -0.145. The number of benzene rings is 1. The van der Waals surface area contributed by atoms with E-state index in [0.717, 1.165) is 38.6 Å². The van der Waals surface area contributed by atoms with Crippen LogP contribution in [0.4, 0.5) is 4.39 Å². The van der Waals surface area contributed by atoms with Crippen molar-refractivity contribution < 1.29 is 23.9 Å². The van der Waals surface area contributed by atoms with Crippen LogP contribution in [0.15, 0.2) is 23.7 Å². The molecule has 1 aromatic heterocycles. The lowest BCUT2D eigenvalue weighted by atomic mass is 9.84. The Morgan fingerprint density at radius 1 is 1.20 bits per heavy atom. The molecular weight excluding hydrogens is 581 g/mol. The Morgan fingerprint density at radius 2 is 1.86 bits per heavy atom. The number of hydrogen-bond donors (Lipinski definition) is 3. The zero-order valence-electron chi connectivity index (χ0n) is 26.8. The van der Waals surface area contributed by atoms with Crippen LogP contribution in [0.1, 0.15) is 84.2 Å². The smallest absolute Gasteiger partial charge is 0.309 e. The molecule has 1 aromatic carbocycles. The number of likely N-dealkylation sites (tertiary alicyclic amines) is 1.